The van der Waals surface area contributed by atoms with Crippen molar-refractivity contribution in [3.63, 3.8) is 0 Å². The minimum atomic E-state index is -0.836. The Morgan fingerprint density at radius 1 is 1.09 bits per heavy atom. The molecular formula is C25H23N3O7. The maximum atomic E-state index is 12.6. The molecule has 2 aliphatic heterocycles. The van der Waals surface area contributed by atoms with E-state index >= 15 is 0 Å². The first kappa shape index (κ1) is 23.8. The molecule has 35 heavy (non-hydrogen) atoms. The smallest absolute Gasteiger partial charge is 0.308 e. The number of likely N-dealkylation sites (N-methyl/N-ethyl adjacent to an activating group) is 1. The minimum Gasteiger partial charge on any atom is -0.457 e. The molecule has 0 N–H and O–H groups in total. The number of ether oxygens (including phenoxy) is 1. The lowest BCUT2D eigenvalue weighted by atomic mass is 9.83. The number of anilines is 1. The van der Waals surface area contributed by atoms with Gasteiger partial charge in [-0.3, -0.25) is 34.2 Å². The number of benzene rings is 2. The molecule has 0 bridgehead atoms. The fraction of sp³-hybridized carbons (Fsp3) is 0.280. The molecular weight excluding hydrogens is 454 g/mol. The molecule has 0 saturated carbocycles. The second-order valence-electron chi connectivity index (χ2n) is 8.83. The van der Waals surface area contributed by atoms with Crippen molar-refractivity contribution in [1.82, 2.24) is 4.90 Å². The number of rotatable bonds is 7. The maximum Gasteiger partial charge on any atom is 0.308 e. The number of nitro groups is 1. The molecule has 2 aromatic carbocycles. The van der Waals surface area contributed by atoms with Crippen molar-refractivity contribution in [3.05, 3.63) is 81.0 Å². The normalized spacial score (nSPS) is 16.9. The van der Waals surface area contributed by atoms with Crippen LogP contribution in [0.2, 0.25) is 0 Å². The Hall–Kier alpha value is -4.34. The number of nitrogens with zero attached hydrogens (tertiary/aromatic N) is 3. The lowest BCUT2D eigenvalue weighted by Gasteiger charge is -2.23. The second kappa shape index (κ2) is 8.79. The first-order chi connectivity index (χ1) is 16.5. The molecule has 4 rings (SSSR count). The maximum absolute atomic E-state index is 12.6. The molecule has 2 aromatic rings. The molecule has 0 aliphatic carbocycles. The highest BCUT2D eigenvalue weighted by Crippen LogP contribution is 2.46. The van der Waals surface area contributed by atoms with E-state index in [1.54, 1.807) is 0 Å². The fourth-order valence-corrected chi connectivity index (χ4v) is 4.55. The van der Waals surface area contributed by atoms with E-state index < -0.39 is 46.2 Å². The Morgan fingerprint density at radius 3 is 2.49 bits per heavy atom. The van der Waals surface area contributed by atoms with E-state index in [1.807, 2.05) is 50.1 Å². The zero-order valence-electron chi connectivity index (χ0n) is 19.4. The quantitative estimate of drug-likeness (QED) is 0.196. The average molecular weight is 477 g/mol. The Labute approximate surface area is 200 Å². The van der Waals surface area contributed by atoms with Gasteiger partial charge in [0.2, 0.25) is 0 Å². The van der Waals surface area contributed by atoms with Gasteiger partial charge in [0.25, 0.3) is 17.5 Å². The van der Waals surface area contributed by atoms with Crippen molar-refractivity contribution in [2.45, 2.75) is 25.7 Å². The Balaban J connectivity index is 1.35. The molecule has 0 aromatic heterocycles. The lowest BCUT2D eigenvalue weighted by molar-refractivity contribution is -0.385. The summed E-state index contributed by atoms with van der Waals surface area (Å²) in [7, 11) is 1.87. The number of ketones is 1. The number of allylic oxidation sites excluding steroid dienone is 1. The van der Waals surface area contributed by atoms with E-state index in [0.29, 0.717) is 0 Å². The number of imide groups is 1. The van der Waals surface area contributed by atoms with Crippen molar-refractivity contribution in [1.29, 1.82) is 0 Å². The lowest BCUT2D eigenvalue weighted by Crippen LogP contribution is -2.32. The molecule has 2 amide bonds. The second-order valence-corrected chi connectivity index (χ2v) is 8.83. The van der Waals surface area contributed by atoms with E-state index in [0.717, 1.165) is 27.9 Å². The topological polar surface area (TPSA) is 127 Å². The molecule has 0 fully saturated rings. The van der Waals surface area contributed by atoms with Crippen molar-refractivity contribution in [2.75, 3.05) is 25.1 Å². The van der Waals surface area contributed by atoms with Gasteiger partial charge < -0.3 is 9.64 Å². The number of esters is 1. The first-order valence-electron chi connectivity index (χ1n) is 10.9. The summed E-state index contributed by atoms with van der Waals surface area (Å²) in [6, 6.07) is 11.6. The molecule has 10 nitrogen and oxygen atoms in total. The molecule has 180 valence electrons. The highest BCUT2D eigenvalue weighted by atomic mass is 16.6. The van der Waals surface area contributed by atoms with Crippen LogP contribution in [-0.4, -0.2) is 53.6 Å². The van der Waals surface area contributed by atoms with Crippen LogP contribution in [0.1, 0.15) is 46.5 Å². The van der Waals surface area contributed by atoms with Crippen LogP contribution in [0.25, 0.3) is 0 Å². The minimum absolute atomic E-state index is 0.0799. The van der Waals surface area contributed by atoms with Crippen LogP contribution in [0.5, 0.6) is 0 Å². The zero-order chi connectivity index (χ0) is 25.5. The summed E-state index contributed by atoms with van der Waals surface area (Å²) < 4.78 is 5.05. The number of fused-ring (bicyclic) bond motifs is 2. The van der Waals surface area contributed by atoms with Crippen LogP contribution < -0.4 is 4.90 Å². The third kappa shape index (κ3) is 4.07. The van der Waals surface area contributed by atoms with Gasteiger partial charge in [0.15, 0.2) is 12.4 Å². The van der Waals surface area contributed by atoms with E-state index in [-0.39, 0.29) is 24.1 Å². The summed E-state index contributed by atoms with van der Waals surface area (Å²) in [4.78, 5) is 63.0. The summed E-state index contributed by atoms with van der Waals surface area (Å²) in [5, 5.41) is 11.2. The molecule has 0 saturated heterocycles. The molecule has 2 aliphatic rings. The summed E-state index contributed by atoms with van der Waals surface area (Å²) in [6.45, 7) is 3.21. The Bertz CT molecular complexity index is 1310. The highest BCUT2D eigenvalue weighted by molar-refractivity contribution is 6.23. The van der Waals surface area contributed by atoms with Gasteiger partial charge in [0.1, 0.15) is 5.56 Å². The van der Waals surface area contributed by atoms with Crippen LogP contribution >= 0.6 is 0 Å². The van der Waals surface area contributed by atoms with Crippen molar-refractivity contribution >= 4 is 34.9 Å². The van der Waals surface area contributed by atoms with Gasteiger partial charge >= 0.3 is 5.97 Å². The van der Waals surface area contributed by atoms with Gasteiger partial charge in [-0.25, -0.2) is 0 Å². The van der Waals surface area contributed by atoms with Crippen LogP contribution in [0.4, 0.5) is 11.4 Å². The van der Waals surface area contributed by atoms with Crippen LogP contribution in [-0.2, 0) is 19.7 Å². The third-order valence-electron chi connectivity index (χ3n) is 6.33. The van der Waals surface area contributed by atoms with Gasteiger partial charge in [0, 0.05) is 42.5 Å². The van der Waals surface area contributed by atoms with E-state index in [9.17, 15) is 29.3 Å². The highest BCUT2D eigenvalue weighted by Gasteiger charge is 2.41. The SMILES string of the molecule is CN1/C(=C\C(=O)COC(=O)CCN2C(=O)c3cccc([N+](=O)[O-])c3C2=O)C(C)(C)c2ccccc21. The predicted molar refractivity (Wildman–Crippen MR) is 125 cm³/mol. The number of hydrogen-bond donors (Lipinski definition) is 0. The molecule has 0 unspecified atom stereocenters. The summed E-state index contributed by atoms with van der Waals surface area (Å²) in [5.74, 6) is -2.73. The van der Waals surface area contributed by atoms with Crippen LogP contribution in [0.3, 0.4) is 0 Å². The van der Waals surface area contributed by atoms with Gasteiger partial charge in [-0.2, -0.15) is 0 Å². The average Bonchev–Trinajstić information content (AvgIpc) is 3.18. The number of para-hydroxylation sites is 1. The van der Waals surface area contributed by atoms with Gasteiger partial charge in [-0.05, 0) is 17.7 Å². The monoisotopic (exact) mass is 477 g/mol. The third-order valence-corrected chi connectivity index (χ3v) is 6.33. The van der Waals surface area contributed by atoms with Crippen molar-refractivity contribution in [3.8, 4) is 0 Å². The number of carbonyl (C=O) groups is 4. The molecule has 0 radical (unpaired) electrons. The van der Waals surface area contributed by atoms with E-state index in [4.69, 9.17) is 4.74 Å². The molecule has 0 spiro atoms. The summed E-state index contributed by atoms with van der Waals surface area (Å²) in [6.07, 6.45) is 1.11. The molecule has 10 heteroatoms. The first-order valence-corrected chi connectivity index (χ1v) is 10.9. The Morgan fingerprint density at radius 2 is 1.80 bits per heavy atom. The van der Waals surface area contributed by atoms with E-state index in [1.165, 1.54) is 18.2 Å². The molecule has 2 heterocycles. The Kier molecular flexibility index (Phi) is 5.98. The van der Waals surface area contributed by atoms with Gasteiger partial charge in [-0.15, -0.1) is 0 Å². The van der Waals surface area contributed by atoms with Crippen molar-refractivity contribution < 1.29 is 28.8 Å². The number of amides is 2. The fourth-order valence-electron chi connectivity index (χ4n) is 4.55. The largest absolute Gasteiger partial charge is 0.457 e. The number of nitro benzene ring substituents is 1. The summed E-state index contributed by atoms with van der Waals surface area (Å²) in [5.41, 5.74) is 1.61. The zero-order valence-corrected chi connectivity index (χ0v) is 19.4. The van der Waals surface area contributed by atoms with Gasteiger partial charge in [0.05, 0.1) is 16.9 Å². The molecule has 0 atom stereocenters. The van der Waals surface area contributed by atoms with Crippen molar-refractivity contribution in [2.24, 2.45) is 0 Å². The number of hydrogen-bond acceptors (Lipinski definition) is 8. The number of carbonyl (C=O) groups excluding carboxylic acids is 4. The standard InChI is InChI=1S/C25H23N3O7/c1-25(2)17-8-4-5-9-18(17)26(3)20(25)13-15(29)14-35-21(30)11-12-27-23(31)16-7-6-10-19(28(33)34)22(16)24(27)32/h4-10,13H,11-12,14H2,1-3H3/b20-13-. The van der Waals surface area contributed by atoms with Crippen LogP contribution in [0.15, 0.2) is 54.2 Å². The van der Waals surface area contributed by atoms with Crippen LogP contribution in [0, 0.1) is 10.1 Å². The van der Waals surface area contributed by atoms with E-state index in [2.05, 4.69) is 0 Å². The predicted octanol–water partition coefficient (Wildman–Crippen LogP) is 3.00. The van der Waals surface area contributed by atoms with Gasteiger partial charge in [-0.1, -0.05) is 38.1 Å². The summed E-state index contributed by atoms with van der Waals surface area (Å²) >= 11 is 0.